The first-order valence-corrected chi connectivity index (χ1v) is 6.61. The summed E-state index contributed by atoms with van der Waals surface area (Å²) in [5.41, 5.74) is 0. The second-order valence-electron chi connectivity index (χ2n) is 4.23. The molecule has 1 amide bonds. The Morgan fingerprint density at radius 2 is 2.47 bits per heavy atom. The van der Waals surface area contributed by atoms with Gasteiger partial charge in [0.1, 0.15) is 0 Å². The third-order valence-corrected chi connectivity index (χ3v) is 4.35. The Labute approximate surface area is 94.2 Å². The van der Waals surface area contributed by atoms with Crippen molar-refractivity contribution in [1.29, 1.82) is 0 Å². The molecule has 0 aromatic carbocycles. The normalized spacial score (nSPS) is 35.7. The zero-order chi connectivity index (χ0) is 10.7. The molecule has 0 aliphatic carbocycles. The van der Waals surface area contributed by atoms with E-state index in [-0.39, 0.29) is 18.1 Å². The molecule has 2 aliphatic rings. The predicted octanol–water partition coefficient (Wildman–Crippen LogP) is -0.279. The number of amides is 1. The van der Waals surface area contributed by atoms with Gasteiger partial charge in [-0.25, -0.2) is 0 Å². The molecule has 0 radical (unpaired) electrons. The third-order valence-electron chi connectivity index (χ3n) is 2.95. The molecule has 86 valence electrons. The van der Waals surface area contributed by atoms with Gasteiger partial charge < -0.3 is 15.7 Å². The summed E-state index contributed by atoms with van der Waals surface area (Å²) >= 11 is 1.94. The van der Waals surface area contributed by atoms with Crippen molar-refractivity contribution in [3.05, 3.63) is 0 Å². The smallest absolute Gasteiger partial charge is 0.237 e. The Hall–Kier alpha value is -0.260. The summed E-state index contributed by atoms with van der Waals surface area (Å²) in [6, 6.07) is -0.189. The van der Waals surface area contributed by atoms with Gasteiger partial charge in [-0.15, -0.1) is 0 Å². The van der Waals surface area contributed by atoms with E-state index >= 15 is 0 Å². The van der Waals surface area contributed by atoms with Gasteiger partial charge in [-0.05, 0) is 25.0 Å². The topological polar surface area (TPSA) is 61.4 Å². The zero-order valence-corrected chi connectivity index (χ0v) is 9.55. The van der Waals surface area contributed by atoms with Gasteiger partial charge in [0.2, 0.25) is 5.91 Å². The Kier molecular flexibility index (Phi) is 3.88. The number of thioether (sulfide) groups is 1. The lowest BCUT2D eigenvalue weighted by molar-refractivity contribution is -0.122. The zero-order valence-electron chi connectivity index (χ0n) is 8.74. The molecule has 15 heavy (non-hydrogen) atoms. The number of aliphatic hydroxyl groups is 1. The van der Waals surface area contributed by atoms with Gasteiger partial charge >= 0.3 is 0 Å². The van der Waals surface area contributed by atoms with Crippen LogP contribution in [0, 0.1) is 0 Å². The van der Waals surface area contributed by atoms with Crippen molar-refractivity contribution in [3.63, 3.8) is 0 Å². The van der Waals surface area contributed by atoms with Crippen LogP contribution in [0.25, 0.3) is 0 Å². The largest absolute Gasteiger partial charge is 0.392 e. The highest BCUT2D eigenvalue weighted by Gasteiger charge is 2.28. The van der Waals surface area contributed by atoms with Crippen molar-refractivity contribution in [2.45, 2.75) is 36.7 Å². The number of β-amino-alcohol motifs (C(OH)–C–C–N with tert-alkyl or cyclic N) is 1. The standard InChI is InChI=1S/C10H18N2O2S/c13-7-4-9(11-5-7)10(14)12-6-8-2-1-3-15-8/h7-9,11,13H,1-6H2,(H,12,14)/t7-,8?,9-/m1/s1. The van der Waals surface area contributed by atoms with Crippen LogP contribution in [0.5, 0.6) is 0 Å². The number of hydrogen-bond acceptors (Lipinski definition) is 4. The van der Waals surface area contributed by atoms with E-state index in [1.807, 2.05) is 11.8 Å². The maximum Gasteiger partial charge on any atom is 0.237 e. The van der Waals surface area contributed by atoms with Crippen molar-refractivity contribution in [3.8, 4) is 0 Å². The number of rotatable bonds is 3. The quantitative estimate of drug-likeness (QED) is 0.624. The molecule has 2 fully saturated rings. The second-order valence-corrected chi connectivity index (χ2v) is 5.64. The van der Waals surface area contributed by atoms with Crippen LogP contribution in [-0.4, -0.2) is 47.3 Å². The van der Waals surface area contributed by atoms with E-state index in [1.54, 1.807) is 0 Å². The van der Waals surface area contributed by atoms with E-state index in [9.17, 15) is 9.90 Å². The van der Waals surface area contributed by atoms with Crippen molar-refractivity contribution in [2.75, 3.05) is 18.8 Å². The molecular weight excluding hydrogens is 212 g/mol. The van der Waals surface area contributed by atoms with Crippen LogP contribution in [0.3, 0.4) is 0 Å². The van der Waals surface area contributed by atoms with E-state index in [1.165, 1.54) is 18.6 Å². The molecule has 0 bridgehead atoms. The average molecular weight is 230 g/mol. The van der Waals surface area contributed by atoms with Crippen LogP contribution in [0.1, 0.15) is 19.3 Å². The van der Waals surface area contributed by atoms with Crippen LogP contribution >= 0.6 is 11.8 Å². The molecule has 5 heteroatoms. The first-order valence-electron chi connectivity index (χ1n) is 5.56. The molecule has 4 nitrogen and oxygen atoms in total. The summed E-state index contributed by atoms with van der Waals surface area (Å²) in [6.45, 7) is 1.31. The SMILES string of the molecule is O=C(NCC1CCCS1)[C@H]1C[C@@H](O)CN1. The van der Waals surface area contributed by atoms with Gasteiger partial charge in [-0.3, -0.25) is 4.79 Å². The molecule has 0 aromatic rings. The van der Waals surface area contributed by atoms with Crippen LogP contribution < -0.4 is 10.6 Å². The highest BCUT2D eigenvalue weighted by molar-refractivity contribution is 8.00. The molecule has 0 spiro atoms. The van der Waals surface area contributed by atoms with Crippen molar-refractivity contribution >= 4 is 17.7 Å². The number of aliphatic hydroxyl groups excluding tert-OH is 1. The van der Waals surface area contributed by atoms with E-state index in [4.69, 9.17) is 0 Å². The minimum Gasteiger partial charge on any atom is -0.392 e. The van der Waals surface area contributed by atoms with Gasteiger partial charge in [-0.2, -0.15) is 11.8 Å². The molecule has 0 saturated carbocycles. The van der Waals surface area contributed by atoms with Gasteiger partial charge in [0.15, 0.2) is 0 Å². The third kappa shape index (κ3) is 3.09. The fraction of sp³-hybridized carbons (Fsp3) is 0.900. The first kappa shape index (κ1) is 11.2. The van der Waals surface area contributed by atoms with Gasteiger partial charge in [0.05, 0.1) is 12.1 Å². The molecule has 2 saturated heterocycles. The Morgan fingerprint density at radius 3 is 3.07 bits per heavy atom. The summed E-state index contributed by atoms with van der Waals surface area (Å²) in [5.74, 6) is 1.26. The molecule has 2 heterocycles. The van der Waals surface area contributed by atoms with Crippen molar-refractivity contribution in [1.82, 2.24) is 10.6 Å². The maximum absolute atomic E-state index is 11.7. The minimum absolute atomic E-state index is 0.0408. The van der Waals surface area contributed by atoms with Gasteiger partial charge in [0.25, 0.3) is 0 Å². The lowest BCUT2D eigenvalue weighted by Gasteiger charge is -2.13. The van der Waals surface area contributed by atoms with E-state index < -0.39 is 0 Å². The highest BCUT2D eigenvalue weighted by Crippen LogP contribution is 2.25. The second kappa shape index (κ2) is 5.18. The Bertz CT molecular complexity index is 231. The summed E-state index contributed by atoms with van der Waals surface area (Å²) in [7, 11) is 0. The number of nitrogens with one attached hydrogen (secondary N) is 2. The molecule has 2 aliphatic heterocycles. The van der Waals surface area contributed by atoms with Crippen molar-refractivity contribution in [2.24, 2.45) is 0 Å². The monoisotopic (exact) mass is 230 g/mol. The molecule has 3 N–H and O–H groups in total. The Balaban J connectivity index is 1.67. The van der Waals surface area contributed by atoms with Crippen molar-refractivity contribution < 1.29 is 9.90 Å². The summed E-state index contributed by atoms with van der Waals surface area (Å²) < 4.78 is 0. The summed E-state index contributed by atoms with van der Waals surface area (Å²) in [6.07, 6.45) is 2.67. The van der Waals surface area contributed by atoms with Crippen LogP contribution in [-0.2, 0) is 4.79 Å². The molecular formula is C10H18N2O2S. The fourth-order valence-corrected chi connectivity index (χ4v) is 3.26. The Morgan fingerprint density at radius 1 is 1.60 bits per heavy atom. The molecule has 1 unspecified atom stereocenters. The highest BCUT2D eigenvalue weighted by atomic mass is 32.2. The predicted molar refractivity (Wildman–Crippen MR) is 60.9 cm³/mol. The van der Waals surface area contributed by atoms with E-state index in [0.717, 1.165) is 6.54 Å². The van der Waals surface area contributed by atoms with Gasteiger partial charge in [-0.1, -0.05) is 0 Å². The molecule has 3 atom stereocenters. The molecule has 0 aromatic heterocycles. The average Bonchev–Trinajstić information content (AvgIpc) is 2.84. The van der Waals surface area contributed by atoms with Crippen LogP contribution in [0.4, 0.5) is 0 Å². The van der Waals surface area contributed by atoms with E-state index in [2.05, 4.69) is 10.6 Å². The fourth-order valence-electron chi connectivity index (χ4n) is 2.06. The number of carbonyl (C=O) groups is 1. The minimum atomic E-state index is -0.360. The lowest BCUT2D eigenvalue weighted by atomic mass is 10.2. The summed E-state index contributed by atoms with van der Waals surface area (Å²) in [5, 5.41) is 15.8. The molecule has 2 rings (SSSR count). The van der Waals surface area contributed by atoms with Crippen LogP contribution in [0.2, 0.25) is 0 Å². The summed E-state index contributed by atoms with van der Waals surface area (Å²) in [4.78, 5) is 11.7. The first-order chi connectivity index (χ1) is 7.25. The van der Waals surface area contributed by atoms with E-state index in [0.29, 0.717) is 18.2 Å². The lowest BCUT2D eigenvalue weighted by Crippen LogP contribution is -2.42. The van der Waals surface area contributed by atoms with Gasteiger partial charge in [0, 0.05) is 18.3 Å². The maximum atomic E-state index is 11.7. The number of hydrogen-bond donors (Lipinski definition) is 3. The number of carbonyl (C=O) groups excluding carboxylic acids is 1. The van der Waals surface area contributed by atoms with Crippen LogP contribution in [0.15, 0.2) is 0 Å².